The number of piperidine rings is 1. The molecule has 1 aliphatic heterocycles. The highest BCUT2D eigenvalue weighted by molar-refractivity contribution is 5.76. The van der Waals surface area contributed by atoms with E-state index in [-0.39, 0.29) is 29.7 Å². The van der Waals surface area contributed by atoms with E-state index in [0.717, 1.165) is 38.5 Å². The molecule has 5 nitrogen and oxygen atoms in total. The molecular formula is C25H27F2N3O2. The molecule has 7 heteroatoms. The molecule has 0 unspecified atom stereocenters. The standard InChI is InChI=1S/C25H27F2N3O2/c1-17-3-2-4-18(13-17)16-30-11-9-20(10-12-30)29-24(31)7-8-25-28-15-23(32-25)21-6-5-19(26)14-22(21)27/h2-6,13-15,20H,7-12,16H2,1H3,(H,29,31). The molecule has 1 aliphatic rings. The fourth-order valence-corrected chi connectivity index (χ4v) is 4.06. The lowest BCUT2D eigenvalue weighted by Gasteiger charge is -2.32. The monoisotopic (exact) mass is 439 g/mol. The molecule has 168 valence electrons. The van der Waals surface area contributed by atoms with Crippen LogP contribution >= 0.6 is 0 Å². The Balaban J connectivity index is 1.21. The molecule has 0 aliphatic carbocycles. The first-order chi connectivity index (χ1) is 15.5. The number of amides is 1. The van der Waals surface area contributed by atoms with E-state index in [4.69, 9.17) is 4.42 Å². The van der Waals surface area contributed by atoms with Crippen molar-refractivity contribution in [2.24, 2.45) is 0 Å². The van der Waals surface area contributed by atoms with E-state index in [1.165, 1.54) is 29.5 Å². The van der Waals surface area contributed by atoms with Gasteiger partial charge in [-0.3, -0.25) is 9.69 Å². The highest BCUT2D eigenvalue weighted by Crippen LogP contribution is 2.24. The van der Waals surface area contributed by atoms with Crippen molar-refractivity contribution in [2.45, 2.75) is 45.2 Å². The van der Waals surface area contributed by atoms with E-state index in [0.29, 0.717) is 12.3 Å². The van der Waals surface area contributed by atoms with Crippen LogP contribution in [-0.2, 0) is 17.8 Å². The first-order valence-corrected chi connectivity index (χ1v) is 10.9. The van der Waals surface area contributed by atoms with E-state index < -0.39 is 11.6 Å². The highest BCUT2D eigenvalue weighted by Gasteiger charge is 2.21. The zero-order valence-electron chi connectivity index (χ0n) is 18.1. The van der Waals surface area contributed by atoms with Crippen LogP contribution in [0.3, 0.4) is 0 Å². The predicted octanol–water partition coefficient (Wildman–Crippen LogP) is 4.64. The number of aryl methyl sites for hydroxylation is 2. The molecule has 0 spiro atoms. The number of rotatable bonds is 7. The molecule has 0 bridgehead atoms. The number of likely N-dealkylation sites (tertiary alicyclic amines) is 1. The quantitative estimate of drug-likeness (QED) is 0.583. The second-order valence-electron chi connectivity index (χ2n) is 8.35. The number of halogens is 2. The van der Waals surface area contributed by atoms with Gasteiger partial charge in [-0.25, -0.2) is 13.8 Å². The number of benzene rings is 2. The Labute approximate surface area is 186 Å². The molecule has 0 radical (unpaired) electrons. The van der Waals surface area contributed by atoms with Crippen molar-refractivity contribution in [1.82, 2.24) is 15.2 Å². The van der Waals surface area contributed by atoms with E-state index in [1.54, 1.807) is 0 Å². The van der Waals surface area contributed by atoms with Gasteiger partial charge in [0, 0.05) is 44.6 Å². The molecule has 1 fully saturated rings. The van der Waals surface area contributed by atoms with Gasteiger partial charge in [-0.15, -0.1) is 0 Å². The van der Waals surface area contributed by atoms with Crippen LogP contribution in [0.1, 0.15) is 36.3 Å². The summed E-state index contributed by atoms with van der Waals surface area (Å²) in [5.41, 5.74) is 2.73. The number of nitrogens with zero attached hydrogens (tertiary/aromatic N) is 2. The minimum Gasteiger partial charge on any atom is -0.441 e. The molecule has 4 rings (SSSR count). The van der Waals surface area contributed by atoms with Gasteiger partial charge in [-0.1, -0.05) is 29.8 Å². The predicted molar refractivity (Wildman–Crippen MR) is 118 cm³/mol. The third-order valence-corrected chi connectivity index (χ3v) is 5.76. The van der Waals surface area contributed by atoms with Gasteiger partial charge in [0.05, 0.1) is 11.8 Å². The highest BCUT2D eigenvalue weighted by atomic mass is 19.1. The average Bonchev–Trinajstić information content (AvgIpc) is 3.22. The molecule has 2 aromatic carbocycles. The normalized spacial score (nSPS) is 15.1. The topological polar surface area (TPSA) is 58.4 Å². The van der Waals surface area contributed by atoms with Crippen LogP contribution in [0.25, 0.3) is 11.3 Å². The summed E-state index contributed by atoms with van der Waals surface area (Å²) in [6, 6.07) is 12.0. The van der Waals surface area contributed by atoms with Crippen LogP contribution in [-0.4, -0.2) is 34.9 Å². The van der Waals surface area contributed by atoms with Gasteiger partial charge in [0.15, 0.2) is 11.7 Å². The Hall–Kier alpha value is -3.06. The van der Waals surface area contributed by atoms with Crippen LogP contribution in [0.2, 0.25) is 0 Å². The zero-order chi connectivity index (χ0) is 22.5. The minimum absolute atomic E-state index is 0.0464. The molecule has 0 atom stereocenters. The molecule has 32 heavy (non-hydrogen) atoms. The summed E-state index contributed by atoms with van der Waals surface area (Å²) in [6.45, 7) is 4.94. The Morgan fingerprint density at radius 3 is 2.75 bits per heavy atom. The number of oxazole rings is 1. The number of hydrogen-bond acceptors (Lipinski definition) is 4. The van der Waals surface area contributed by atoms with Crippen molar-refractivity contribution in [1.29, 1.82) is 0 Å². The fourth-order valence-electron chi connectivity index (χ4n) is 4.06. The number of carbonyl (C=O) groups excluding carboxylic acids is 1. The number of hydrogen-bond donors (Lipinski definition) is 1. The number of aromatic nitrogens is 1. The molecular weight excluding hydrogens is 412 g/mol. The molecule has 1 saturated heterocycles. The summed E-state index contributed by atoms with van der Waals surface area (Å²) in [5, 5.41) is 3.10. The van der Waals surface area contributed by atoms with Crippen LogP contribution in [0, 0.1) is 18.6 Å². The van der Waals surface area contributed by atoms with Crippen LogP contribution in [0.15, 0.2) is 53.1 Å². The lowest BCUT2D eigenvalue weighted by molar-refractivity contribution is -0.122. The maximum absolute atomic E-state index is 13.9. The van der Waals surface area contributed by atoms with Crippen molar-refractivity contribution in [2.75, 3.05) is 13.1 Å². The molecule has 1 amide bonds. The lowest BCUT2D eigenvalue weighted by Crippen LogP contribution is -2.44. The Morgan fingerprint density at radius 1 is 1.19 bits per heavy atom. The Morgan fingerprint density at radius 2 is 2.00 bits per heavy atom. The zero-order valence-corrected chi connectivity index (χ0v) is 18.1. The van der Waals surface area contributed by atoms with Crippen LogP contribution in [0.5, 0.6) is 0 Å². The minimum atomic E-state index is -0.709. The maximum atomic E-state index is 13.9. The van der Waals surface area contributed by atoms with Gasteiger partial charge in [-0.05, 0) is 37.5 Å². The number of carbonyl (C=O) groups is 1. The summed E-state index contributed by atoms with van der Waals surface area (Å²) in [5.74, 6) is -0.830. The average molecular weight is 440 g/mol. The van der Waals surface area contributed by atoms with Gasteiger partial charge >= 0.3 is 0 Å². The Kier molecular flexibility index (Phi) is 6.95. The summed E-state index contributed by atoms with van der Waals surface area (Å²) in [6.07, 6.45) is 3.80. The largest absolute Gasteiger partial charge is 0.441 e. The lowest BCUT2D eigenvalue weighted by atomic mass is 10.0. The molecule has 2 heterocycles. The first-order valence-electron chi connectivity index (χ1n) is 10.9. The second kappa shape index (κ2) is 10.0. The summed E-state index contributed by atoms with van der Waals surface area (Å²) in [4.78, 5) is 18.9. The van der Waals surface area contributed by atoms with E-state index in [9.17, 15) is 13.6 Å². The van der Waals surface area contributed by atoms with Crippen LogP contribution < -0.4 is 5.32 Å². The molecule has 1 N–H and O–H groups in total. The van der Waals surface area contributed by atoms with E-state index >= 15 is 0 Å². The summed E-state index contributed by atoms with van der Waals surface area (Å²) >= 11 is 0. The van der Waals surface area contributed by atoms with Crippen molar-refractivity contribution < 1.29 is 18.0 Å². The van der Waals surface area contributed by atoms with E-state index in [1.807, 2.05) is 0 Å². The molecule has 0 saturated carbocycles. The van der Waals surface area contributed by atoms with Crippen molar-refractivity contribution >= 4 is 5.91 Å². The Bertz CT molecular complexity index is 1070. The van der Waals surface area contributed by atoms with Crippen molar-refractivity contribution in [3.05, 3.63) is 77.3 Å². The second-order valence-corrected chi connectivity index (χ2v) is 8.35. The maximum Gasteiger partial charge on any atom is 0.220 e. The van der Waals surface area contributed by atoms with E-state index in [2.05, 4.69) is 46.4 Å². The fraction of sp³-hybridized carbons (Fsp3) is 0.360. The molecule has 1 aromatic heterocycles. The summed E-state index contributed by atoms with van der Waals surface area (Å²) < 4.78 is 32.5. The van der Waals surface area contributed by atoms with Gasteiger partial charge < -0.3 is 9.73 Å². The van der Waals surface area contributed by atoms with Gasteiger partial charge in [-0.2, -0.15) is 0 Å². The van der Waals surface area contributed by atoms with Crippen molar-refractivity contribution in [3.63, 3.8) is 0 Å². The smallest absolute Gasteiger partial charge is 0.220 e. The van der Waals surface area contributed by atoms with Gasteiger partial charge in [0.1, 0.15) is 11.6 Å². The third kappa shape index (κ3) is 5.79. The summed E-state index contributed by atoms with van der Waals surface area (Å²) in [7, 11) is 0. The van der Waals surface area contributed by atoms with Gasteiger partial charge in [0.25, 0.3) is 0 Å². The number of nitrogens with one attached hydrogen (secondary N) is 1. The third-order valence-electron chi connectivity index (χ3n) is 5.76. The SMILES string of the molecule is Cc1cccc(CN2CCC(NC(=O)CCc3ncc(-c4ccc(F)cc4F)o3)CC2)c1. The first kappa shape index (κ1) is 22.1. The van der Waals surface area contributed by atoms with Gasteiger partial charge in [0.2, 0.25) is 5.91 Å². The molecule has 3 aromatic rings. The van der Waals surface area contributed by atoms with Crippen LogP contribution in [0.4, 0.5) is 8.78 Å². The van der Waals surface area contributed by atoms with Crippen molar-refractivity contribution in [3.8, 4) is 11.3 Å².